The molecule has 0 aliphatic heterocycles. The predicted molar refractivity (Wildman–Crippen MR) is 59.0 cm³/mol. The van der Waals surface area contributed by atoms with Gasteiger partial charge in [-0.1, -0.05) is 6.42 Å². The molecule has 2 nitrogen and oxygen atoms in total. The molecule has 0 bridgehead atoms. The third-order valence-electron chi connectivity index (χ3n) is 3.74. The van der Waals surface area contributed by atoms with Gasteiger partial charge < -0.3 is 5.11 Å². The summed E-state index contributed by atoms with van der Waals surface area (Å²) in [6.07, 6.45) is 1.49. The highest BCUT2D eigenvalue weighted by Gasteiger charge is 2.49. The number of carboxylic acid groups (broad SMARTS) is 1. The molecule has 92 valence electrons. The number of rotatable bonds is 2. The molecule has 0 aromatic heterocycles. The van der Waals surface area contributed by atoms with Gasteiger partial charge in [0.2, 0.25) is 0 Å². The largest absolute Gasteiger partial charge is 0.481 e. The van der Waals surface area contributed by atoms with Crippen molar-refractivity contribution in [2.75, 3.05) is 0 Å². The lowest BCUT2D eigenvalue weighted by molar-refractivity contribution is -0.147. The first-order valence-electron chi connectivity index (χ1n) is 5.59. The molecule has 4 heteroatoms. The highest BCUT2D eigenvalue weighted by atomic mass is 19.1. The minimum absolute atomic E-state index is 0.0359. The van der Waals surface area contributed by atoms with Crippen molar-refractivity contribution < 1.29 is 18.7 Å². The van der Waals surface area contributed by atoms with Crippen molar-refractivity contribution in [1.29, 1.82) is 0 Å². The van der Waals surface area contributed by atoms with Crippen LogP contribution in [0.5, 0.6) is 0 Å². The molecule has 17 heavy (non-hydrogen) atoms. The van der Waals surface area contributed by atoms with Crippen LogP contribution in [0.4, 0.5) is 8.78 Å². The van der Waals surface area contributed by atoms with Crippen LogP contribution in [0.3, 0.4) is 0 Å². The van der Waals surface area contributed by atoms with Gasteiger partial charge in [0, 0.05) is 5.56 Å². The maximum Gasteiger partial charge on any atom is 0.314 e. The Kier molecular flexibility index (Phi) is 2.68. The fourth-order valence-corrected chi connectivity index (χ4v) is 2.51. The van der Waals surface area contributed by atoms with E-state index in [1.165, 1.54) is 13.8 Å². The lowest BCUT2D eigenvalue weighted by Gasteiger charge is -2.39. The van der Waals surface area contributed by atoms with Crippen molar-refractivity contribution >= 4 is 5.97 Å². The zero-order valence-corrected chi connectivity index (χ0v) is 9.81. The lowest BCUT2D eigenvalue weighted by atomic mass is 9.63. The van der Waals surface area contributed by atoms with E-state index in [0.717, 1.165) is 12.5 Å². The van der Waals surface area contributed by atoms with Crippen molar-refractivity contribution in [2.45, 2.75) is 38.5 Å². The summed E-state index contributed by atoms with van der Waals surface area (Å²) in [5.41, 5.74) is -0.902. The van der Waals surface area contributed by atoms with Gasteiger partial charge in [-0.3, -0.25) is 4.79 Å². The number of halogens is 2. The molecule has 0 saturated heterocycles. The summed E-state index contributed by atoms with van der Waals surface area (Å²) >= 11 is 0. The predicted octanol–water partition coefficient (Wildman–Crippen LogP) is 3.09. The van der Waals surface area contributed by atoms with Gasteiger partial charge >= 0.3 is 5.97 Å². The normalized spacial score (nSPS) is 17.6. The van der Waals surface area contributed by atoms with Crippen molar-refractivity contribution in [3.63, 3.8) is 0 Å². The third-order valence-corrected chi connectivity index (χ3v) is 3.74. The first kappa shape index (κ1) is 12.0. The van der Waals surface area contributed by atoms with E-state index in [0.29, 0.717) is 12.8 Å². The van der Waals surface area contributed by atoms with E-state index in [4.69, 9.17) is 0 Å². The van der Waals surface area contributed by atoms with Crippen molar-refractivity contribution in [1.82, 2.24) is 0 Å². The molecule has 1 aromatic carbocycles. The van der Waals surface area contributed by atoms with Crippen LogP contribution >= 0.6 is 0 Å². The van der Waals surface area contributed by atoms with Gasteiger partial charge in [-0.05, 0) is 43.9 Å². The van der Waals surface area contributed by atoms with Crippen LogP contribution in [0.1, 0.15) is 36.0 Å². The molecule has 0 radical (unpaired) electrons. The van der Waals surface area contributed by atoms with E-state index in [-0.39, 0.29) is 16.7 Å². The molecular weight excluding hydrogens is 226 g/mol. The molecule has 0 spiro atoms. The van der Waals surface area contributed by atoms with E-state index < -0.39 is 23.0 Å². The molecule has 0 unspecified atom stereocenters. The van der Waals surface area contributed by atoms with Gasteiger partial charge in [0.05, 0.1) is 5.41 Å². The average molecular weight is 240 g/mol. The maximum absolute atomic E-state index is 14.1. The molecule has 1 aromatic rings. The maximum atomic E-state index is 14.1. The van der Waals surface area contributed by atoms with Gasteiger partial charge in [-0.15, -0.1) is 0 Å². The Bertz CT molecular complexity index is 464. The standard InChI is InChI=1S/C13H14F2O2/c1-7-6-9(14)8(2)10(11(7)15)13(12(16)17)4-3-5-13/h6H,3-5H2,1-2H3,(H,16,17). The molecule has 1 saturated carbocycles. The van der Waals surface area contributed by atoms with E-state index in [9.17, 15) is 18.7 Å². The second-order valence-electron chi connectivity index (χ2n) is 4.73. The Hall–Kier alpha value is -1.45. The molecule has 0 atom stereocenters. The Morgan fingerprint density at radius 3 is 2.35 bits per heavy atom. The van der Waals surface area contributed by atoms with Crippen molar-refractivity contribution in [3.8, 4) is 0 Å². The second-order valence-corrected chi connectivity index (χ2v) is 4.73. The smallest absolute Gasteiger partial charge is 0.314 e. The number of aryl methyl sites for hydroxylation is 1. The summed E-state index contributed by atoms with van der Waals surface area (Å²) in [6.45, 7) is 2.89. The topological polar surface area (TPSA) is 37.3 Å². The monoisotopic (exact) mass is 240 g/mol. The summed E-state index contributed by atoms with van der Waals surface area (Å²) in [6, 6.07) is 1.11. The summed E-state index contributed by atoms with van der Waals surface area (Å²) < 4.78 is 27.7. The van der Waals surface area contributed by atoms with Crippen LogP contribution in [-0.2, 0) is 10.2 Å². The van der Waals surface area contributed by atoms with Crippen LogP contribution in [0.15, 0.2) is 6.07 Å². The third kappa shape index (κ3) is 1.54. The number of benzene rings is 1. The highest BCUT2D eigenvalue weighted by molar-refractivity contribution is 5.83. The number of carbonyl (C=O) groups is 1. The second kappa shape index (κ2) is 3.79. The summed E-state index contributed by atoms with van der Waals surface area (Å²) in [5.74, 6) is -2.17. The van der Waals surface area contributed by atoms with Crippen LogP contribution in [-0.4, -0.2) is 11.1 Å². The molecule has 1 aliphatic carbocycles. The van der Waals surface area contributed by atoms with Crippen LogP contribution < -0.4 is 0 Å². The van der Waals surface area contributed by atoms with Crippen molar-refractivity contribution in [3.05, 3.63) is 34.4 Å². The van der Waals surface area contributed by atoms with E-state index >= 15 is 0 Å². The lowest BCUT2D eigenvalue weighted by Crippen LogP contribution is -2.44. The Labute approximate surface area is 98.3 Å². The quantitative estimate of drug-likeness (QED) is 0.862. The summed E-state index contributed by atoms with van der Waals surface area (Å²) in [4.78, 5) is 11.3. The van der Waals surface area contributed by atoms with E-state index in [2.05, 4.69) is 0 Å². The fraction of sp³-hybridized carbons (Fsp3) is 0.462. The molecule has 1 N–H and O–H groups in total. The Balaban J connectivity index is 2.70. The zero-order chi connectivity index (χ0) is 12.8. The number of hydrogen-bond donors (Lipinski definition) is 1. The Morgan fingerprint density at radius 2 is 1.94 bits per heavy atom. The van der Waals surface area contributed by atoms with Crippen LogP contribution in [0.25, 0.3) is 0 Å². The highest BCUT2D eigenvalue weighted by Crippen LogP contribution is 2.47. The Morgan fingerprint density at radius 1 is 1.35 bits per heavy atom. The van der Waals surface area contributed by atoms with Gasteiger partial charge in [0.1, 0.15) is 11.6 Å². The zero-order valence-electron chi connectivity index (χ0n) is 9.81. The fourth-order valence-electron chi connectivity index (χ4n) is 2.51. The SMILES string of the molecule is Cc1cc(F)c(C)c(C2(C(=O)O)CCC2)c1F. The van der Waals surface area contributed by atoms with Gasteiger partial charge in [0.25, 0.3) is 0 Å². The first-order chi connectivity index (χ1) is 7.90. The van der Waals surface area contributed by atoms with Gasteiger partial charge in [-0.2, -0.15) is 0 Å². The van der Waals surface area contributed by atoms with Crippen molar-refractivity contribution in [2.24, 2.45) is 0 Å². The van der Waals surface area contributed by atoms with Crippen LogP contribution in [0.2, 0.25) is 0 Å². The minimum Gasteiger partial charge on any atom is -0.481 e. The summed E-state index contributed by atoms with van der Waals surface area (Å²) in [5, 5.41) is 9.28. The molecule has 2 rings (SSSR count). The molecule has 0 amide bonds. The summed E-state index contributed by atoms with van der Waals surface area (Å²) in [7, 11) is 0. The number of aliphatic carboxylic acids is 1. The van der Waals surface area contributed by atoms with Gasteiger partial charge in [-0.25, -0.2) is 8.78 Å². The van der Waals surface area contributed by atoms with E-state index in [1.807, 2.05) is 0 Å². The molecule has 0 heterocycles. The first-order valence-corrected chi connectivity index (χ1v) is 5.59. The molecule has 1 fully saturated rings. The van der Waals surface area contributed by atoms with Crippen LogP contribution in [0, 0.1) is 25.5 Å². The van der Waals surface area contributed by atoms with E-state index in [1.54, 1.807) is 0 Å². The van der Waals surface area contributed by atoms with Gasteiger partial charge in [0.15, 0.2) is 0 Å². The average Bonchev–Trinajstić information content (AvgIpc) is 2.18. The number of hydrogen-bond acceptors (Lipinski definition) is 1. The molecule has 1 aliphatic rings. The number of carboxylic acids is 1. The minimum atomic E-state index is -1.22. The molecular formula is C13H14F2O2.